The van der Waals surface area contributed by atoms with E-state index in [1.807, 2.05) is 18.2 Å². The fourth-order valence-corrected chi connectivity index (χ4v) is 3.95. The molecule has 1 fully saturated rings. The molecule has 3 nitrogen and oxygen atoms in total. The van der Waals surface area contributed by atoms with Crippen LogP contribution < -0.4 is 4.74 Å². The van der Waals surface area contributed by atoms with Gasteiger partial charge in [-0.2, -0.15) is 0 Å². The molecular formula is C20H22O3. The lowest BCUT2D eigenvalue weighted by atomic mass is 9.74. The highest BCUT2D eigenvalue weighted by Crippen LogP contribution is 2.54. The molecule has 2 aliphatic rings. The molecule has 23 heavy (non-hydrogen) atoms. The molecule has 1 saturated heterocycles. The number of hydrogen-bond donors (Lipinski definition) is 1. The van der Waals surface area contributed by atoms with Crippen molar-refractivity contribution < 1.29 is 14.6 Å². The van der Waals surface area contributed by atoms with Gasteiger partial charge in [0.15, 0.2) is 11.5 Å². The second-order valence-corrected chi connectivity index (χ2v) is 7.04. The van der Waals surface area contributed by atoms with Gasteiger partial charge in [-0.15, -0.1) is 0 Å². The summed E-state index contributed by atoms with van der Waals surface area (Å²) in [4.78, 5) is 0. The first-order valence-corrected chi connectivity index (χ1v) is 8.27. The molecule has 120 valence electrons. The number of benzene rings is 2. The number of para-hydroxylation sites is 1. The van der Waals surface area contributed by atoms with Crippen molar-refractivity contribution in [3.63, 3.8) is 0 Å². The molecule has 4 rings (SSSR count). The van der Waals surface area contributed by atoms with Gasteiger partial charge in [-0.25, -0.2) is 0 Å². The van der Waals surface area contributed by atoms with Crippen LogP contribution in [0.15, 0.2) is 48.5 Å². The van der Waals surface area contributed by atoms with Crippen LogP contribution in [-0.4, -0.2) is 10.7 Å². The molecule has 0 spiro atoms. The predicted molar refractivity (Wildman–Crippen MR) is 88.5 cm³/mol. The Hall–Kier alpha value is -2.00. The number of phenols is 1. The summed E-state index contributed by atoms with van der Waals surface area (Å²) in [5, 5.41) is 10.2. The zero-order valence-corrected chi connectivity index (χ0v) is 13.5. The van der Waals surface area contributed by atoms with Crippen molar-refractivity contribution in [2.75, 3.05) is 0 Å². The van der Waals surface area contributed by atoms with E-state index in [0.29, 0.717) is 5.75 Å². The Kier molecular flexibility index (Phi) is 3.34. The summed E-state index contributed by atoms with van der Waals surface area (Å²) in [5.41, 5.74) is 1.84. The zero-order chi connectivity index (χ0) is 16.0. The minimum atomic E-state index is -0.349. The maximum atomic E-state index is 10.2. The number of hydrogen-bond acceptors (Lipinski definition) is 3. The van der Waals surface area contributed by atoms with E-state index in [9.17, 15) is 5.11 Å². The lowest BCUT2D eigenvalue weighted by Gasteiger charge is -2.48. The van der Waals surface area contributed by atoms with Crippen molar-refractivity contribution in [1.29, 1.82) is 0 Å². The standard InChI is InChI=1S/C20H22O3/c1-20(2)15-11-12-17(13-7-4-3-5-8-13)22-18(15)14-9-6-10-16(21)19(14)23-20/h3-10,15,17-18,21H,11-12H2,1-2H3/t15-,17+,18+/m0/s1. The van der Waals surface area contributed by atoms with Gasteiger partial charge in [-0.05, 0) is 38.3 Å². The number of rotatable bonds is 1. The summed E-state index contributed by atoms with van der Waals surface area (Å²) >= 11 is 0. The average Bonchev–Trinajstić information content (AvgIpc) is 2.56. The molecule has 0 unspecified atom stereocenters. The molecule has 0 saturated carbocycles. The van der Waals surface area contributed by atoms with Gasteiger partial charge in [-0.1, -0.05) is 42.5 Å². The summed E-state index contributed by atoms with van der Waals surface area (Å²) in [6.07, 6.45) is 2.10. The van der Waals surface area contributed by atoms with Crippen LogP contribution in [0.4, 0.5) is 0 Å². The average molecular weight is 310 g/mol. The molecule has 3 atom stereocenters. The van der Waals surface area contributed by atoms with Crippen molar-refractivity contribution >= 4 is 0 Å². The van der Waals surface area contributed by atoms with E-state index in [1.165, 1.54) is 5.56 Å². The zero-order valence-electron chi connectivity index (χ0n) is 13.5. The third-order valence-electron chi connectivity index (χ3n) is 5.18. The quantitative estimate of drug-likeness (QED) is 0.824. The van der Waals surface area contributed by atoms with Crippen LogP contribution in [0.5, 0.6) is 11.5 Å². The molecule has 0 bridgehead atoms. The minimum absolute atomic E-state index is 0.0418. The molecule has 2 aliphatic heterocycles. The van der Waals surface area contributed by atoms with Crippen LogP contribution in [0.3, 0.4) is 0 Å². The van der Waals surface area contributed by atoms with Crippen LogP contribution in [0, 0.1) is 5.92 Å². The van der Waals surface area contributed by atoms with E-state index in [4.69, 9.17) is 9.47 Å². The number of fused-ring (bicyclic) bond motifs is 3. The van der Waals surface area contributed by atoms with E-state index < -0.39 is 0 Å². The van der Waals surface area contributed by atoms with Crippen molar-refractivity contribution in [2.24, 2.45) is 5.92 Å². The lowest BCUT2D eigenvalue weighted by molar-refractivity contribution is -0.152. The van der Waals surface area contributed by atoms with Gasteiger partial charge < -0.3 is 14.6 Å². The summed E-state index contributed by atoms with van der Waals surface area (Å²) in [6, 6.07) is 15.9. The van der Waals surface area contributed by atoms with E-state index in [-0.39, 0.29) is 29.5 Å². The van der Waals surface area contributed by atoms with Crippen LogP contribution in [-0.2, 0) is 4.74 Å². The van der Waals surface area contributed by atoms with Crippen LogP contribution in [0.1, 0.15) is 50.0 Å². The molecule has 0 amide bonds. The molecule has 0 aromatic heterocycles. The summed E-state index contributed by atoms with van der Waals surface area (Å²) in [5.74, 6) is 1.06. The first-order valence-electron chi connectivity index (χ1n) is 8.27. The molecular weight excluding hydrogens is 288 g/mol. The Morgan fingerprint density at radius 2 is 1.78 bits per heavy atom. The SMILES string of the molecule is CC1(C)Oc2c(O)cccc2[C@H]2O[C@@H](c3ccccc3)CC[C@@H]21. The Bertz CT molecular complexity index is 708. The van der Waals surface area contributed by atoms with Gasteiger partial charge in [0.25, 0.3) is 0 Å². The third-order valence-corrected chi connectivity index (χ3v) is 5.18. The summed E-state index contributed by atoms with van der Waals surface area (Å²) in [6.45, 7) is 4.18. The fraction of sp³-hybridized carbons (Fsp3) is 0.400. The second-order valence-electron chi connectivity index (χ2n) is 7.04. The molecule has 2 heterocycles. The van der Waals surface area contributed by atoms with Gasteiger partial charge in [0.05, 0.1) is 12.2 Å². The molecule has 2 aromatic carbocycles. The van der Waals surface area contributed by atoms with Crippen molar-refractivity contribution in [2.45, 2.75) is 44.5 Å². The van der Waals surface area contributed by atoms with Crippen molar-refractivity contribution in [3.8, 4) is 11.5 Å². The summed E-state index contributed by atoms with van der Waals surface area (Å²) in [7, 11) is 0. The van der Waals surface area contributed by atoms with Crippen molar-refractivity contribution in [1.82, 2.24) is 0 Å². The Balaban J connectivity index is 1.73. The van der Waals surface area contributed by atoms with Gasteiger partial charge in [-0.3, -0.25) is 0 Å². The topological polar surface area (TPSA) is 38.7 Å². The second kappa shape index (κ2) is 5.27. The highest BCUT2D eigenvalue weighted by molar-refractivity contribution is 5.49. The van der Waals surface area contributed by atoms with Crippen LogP contribution in [0.25, 0.3) is 0 Å². The largest absolute Gasteiger partial charge is 0.504 e. The Labute approximate surface area is 136 Å². The van der Waals surface area contributed by atoms with E-state index >= 15 is 0 Å². The van der Waals surface area contributed by atoms with E-state index in [1.54, 1.807) is 6.07 Å². The summed E-state index contributed by atoms with van der Waals surface area (Å²) < 4.78 is 12.6. The molecule has 2 aromatic rings. The lowest BCUT2D eigenvalue weighted by Crippen LogP contribution is -2.47. The number of phenolic OH excluding ortho intramolecular Hbond substituents is 1. The van der Waals surface area contributed by atoms with Gasteiger partial charge >= 0.3 is 0 Å². The number of ether oxygens (including phenoxy) is 2. The fourth-order valence-electron chi connectivity index (χ4n) is 3.95. The first kappa shape index (κ1) is 14.6. The molecule has 1 N–H and O–H groups in total. The first-order chi connectivity index (χ1) is 11.1. The maximum Gasteiger partial charge on any atom is 0.167 e. The molecule has 0 radical (unpaired) electrons. The maximum absolute atomic E-state index is 10.2. The monoisotopic (exact) mass is 310 g/mol. The van der Waals surface area contributed by atoms with E-state index in [0.717, 1.165) is 18.4 Å². The van der Waals surface area contributed by atoms with Gasteiger partial charge in [0.1, 0.15) is 5.60 Å². The smallest absolute Gasteiger partial charge is 0.167 e. The number of aromatic hydroxyl groups is 1. The molecule has 0 aliphatic carbocycles. The molecule has 3 heteroatoms. The highest BCUT2D eigenvalue weighted by atomic mass is 16.5. The Morgan fingerprint density at radius 1 is 1.00 bits per heavy atom. The van der Waals surface area contributed by atoms with Gasteiger partial charge in [0, 0.05) is 11.5 Å². The minimum Gasteiger partial charge on any atom is -0.504 e. The van der Waals surface area contributed by atoms with Crippen LogP contribution in [0.2, 0.25) is 0 Å². The highest BCUT2D eigenvalue weighted by Gasteiger charge is 2.48. The normalized spacial score (nSPS) is 28.3. The Morgan fingerprint density at radius 3 is 2.57 bits per heavy atom. The van der Waals surface area contributed by atoms with Crippen molar-refractivity contribution in [3.05, 3.63) is 59.7 Å². The van der Waals surface area contributed by atoms with Gasteiger partial charge in [0.2, 0.25) is 0 Å². The van der Waals surface area contributed by atoms with Crippen LogP contribution >= 0.6 is 0 Å². The third kappa shape index (κ3) is 2.40. The van der Waals surface area contributed by atoms with E-state index in [2.05, 4.69) is 38.1 Å². The predicted octanol–water partition coefficient (Wildman–Crippen LogP) is 4.77.